The second kappa shape index (κ2) is 6.85. The van der Waals surface area contributed by atoms with Gasteiger partial charge in [0, 0.05) is 31.7 Å². The minimum Gasteiger partial charge on any atom is -0.335 e. The number of carbonyl (C=O) groups is 1. The molecule has 0 spiro atoms. The monoisotopic (exact) mass is 327 g/mol. The Morgan fingerprint density at radius 1 is 1.08 bits per heavy atom. The summed E-state index contributed by atoms with van der Waals surface area (Å²) in [7, 11) is 0. The first-order valence-electron chi connectivity index (χ1n) is 9.58. The quantitative estimate of drug-likeness (QED) is 0.849. The predicted molar refractivity (Wildman–Crippen MR) is 95.6 cm³/mol. The third kappa shape index (κ3) is 2.98. The molecule has 4 heteroatoms. The third-order valence-corrected chi connectivity index (χ3v) is 6.17. The van der Waals surface area contributed by atoms with Gasteiger partial charge in [-0.3, -0.25) is 14.6 Å². The molecule has 3 aliphatic heterocycles. The highest BCUT2D eigenvalue weighted by Crippen LogP contribution is 2.33. The number of amides is 1. The first kappa shape index (κ1) is 16.1. The maximum Gasteiger partial charge on any atom is 0.240 e. The first-order valence-corrected chi connectivity index (χ1v) is 9.58. The van der Waals surface area contributed by atoms with E-state index in [0.717, 1.165) is 45.6 Å². The number of carbonyl (C=O) groups excluding carboxylic acids is 1. The summed E-state index contributed by atoms with van der Waals surface area (Å²) in [4.78, 5) is 20.3. The molecule has 3 atom stereocenters. The van der Waals surface area contributed by atoms with Crippen LogP contribution in [0.25, 0.3) is 0 Å². The van der Waals surface area contributed by atoms with Crippen molar-refractivity contribution in [2.24, 2.45) is 0 Å². The number of nitrogens with zero attached hydrogens (tertiary/aromatic N) is 3. The molecule has 3 heterocycles. The van der Waals surface area contributed by atoms with Gasteiger partial charge in [-0.1, -0.05) is 43.7 Å². The SMILES string of the molecule is CCN1CCCC[C@H]1C(=O)N1CC2CC1CN2Cc1ccccc1. The van der Waals surface area contributed by atoms with E-state index in [1.165, 1.54) is 18.4 Å². The lowest BCUT2D eigenvalue weighted by Crippen LogP contribution is -2.56. The molecule has 4 nitrogen and oxygen atoms in total. The lowest BCUT2D eigenvalue weighted by molar-refractivity contribution is -0.140. The Balaban J connectivity index is 1.38. The number of benzene rings is 1. The molecule has 2 bridgehead atoms. The molecule has 1 aromatic carbocycles. The Bertz CT molecular complexity index is 576. The number of piperidine rings is 1. The largest absolute Gasteiger partial charge is 0.335 e. The highest BCUT2D eigenvalue weighted by atomic mass is 16.2. The van der Waals surface area contributed by atoms with Crippen molar-refractivity contribution in [3.05, 3.63) is 35.9 Å². The molecule has 1 amide bonds. The van der Waals surface area contributed by atoms with Crippen molar-refractivity contribution in [2.45, 2.75) is 57.3 Å². The minimum atomic E-state index is 0.144. The van der Waals surface area contributed by atoms with E-state index in [9.17, 15) is 4.79 Å². The summed E-state index contributed by atoms with van der Waals surface area (Å²) in [5, 5.41) is 0. The molecule has 0 aromatic heterocycles. The molecule has 24 heavy (non-hydrogen) atoms. The Labute approximate surface area is 145 Å². The van der Waals surface area contributed by atoms with Crippen LogP contribution in [0, 0.1) is 0 Å². The molecule has 4 rings (SSSR count). The Kier molecular flexibility index (Phi) is 4.59. The normalized spacial score (nSPS) is 30.9. The number of rotatable bonds is 4. The summed E-state index contributed by atoms with van der Waals surface area (Å²) in [6.07, 6.45) is 4.66. The fourth-order valence-corrected chi connectivity index (χ4v) is 4.87. The average Bonchev–Trinajstić information content (AvgIpc) is 3.22. The topological polar surface area (TPSA) is 26.8 Å². The first-order chi connectivity index (χ1) is 11.8. The molecular formula is C20H29N3O. The van der Waals surface area contributed by atoms with Gasteiger partial charge in [-0.15, -0.1) is 0 Å². The predicted octanol–water partition coefficient (Wildman–Crippen LogP) is 2.35. The molecular weight excluding hydrogens is 298 g/mol. The number of likely N-dealkylation sites (N-methyl/N-ethyl adjacent to an activating group) is 1. The van der Waals surface area contributed by atoms with E-state index in [4.69, 9.17) is 0 Å². The van der Waals surface area contributed by atoms with Gasteiger partial charge in [-0.2, -0.15) is 0 Å². The van der Waals surface area contributed by atoms with Gasteiger partial charge in [0.25, 0.3) is 0 Å². The number of hydrogen-bond donors (Lipinski definition) is 0. The molecule has 0 radical (unpaired) electrons. The Hall–Kier alpha value is -1.39. The molecule has 3 aliphatic rings. The minimum absolute atomic E-state index is 0.144. The zero-order valence-electron chi connectivity index (χ0n) is 14.7. The van der Waals surface area contributed by atoms with Crippen molar-refractivity contribution in [3.8, 4) is 0 Å². The average molecular weight is 327 g/mol. The van der Waals surface area contributed by atoms with E-state index in [1.54, 1.807) is 0 Å². The van der Waals surface area contributed by atoms with Crippen LogP contribution in [-0.4, -0.2) is 64.9 Å². The molecule has 130 valence electrons. The fraction of sp³-hybridized carbons (Fsp3) is 0.650. The van der Waals surface area contributed by atoms with Gasteiger partial charge < -0.3 is 4.90 Å². The van der Waals surface area contributed by atoms with Crippen LogP contribution in [0.15, 0.2) is 30.3 Å². The van der Waals surface area contributed by atoms with Crippen LogP contribution in [0.1, 0.15) is 38.2 Å². The van der Waals surface area contributed by atoms with E-state index in [-0.39, 0.29) is 6.04 Å². The highest BCUT2D eigenvalue weighted by molar-refractivity contribution is 5.83. The van der Waals surface area contributed by atoms with Gasteiger partial charge in [0.15, 0.2) is 0 Å². The van der Waals surface area contributed by atoms with Gasteiger partial charge >= 0.3 is 0 Å². The van der Waals surface area contributed by atoms with Crippen molar-refractivity contribution < 1.29 is 4.79 Å². The zero-order chi connectivity index (χ0) is 16.5. The lowest BCUT2D eigenvalue weighted by Gasteiger charge is -2.40. The van der Waals surface area contributed by atoms with Crippen LogP contribution in [0.4, 0.5) is 0 Å². The third-order valence-electron chi connectivity index (χ3n) is 6.17. The summed E-state index contributed by atoms with van der Waals surface area (Å²) in [6, 6.07) is 11.8. The van der Waals surface area contributed by atoms with Gasteiger partial charge in [0.2, 0.25) is 5.91 Å². The number of piperazine rings is 1. The smallest absolute Gasteiger partial charge is 0.240 e. The van der Waals surface area contributed by atoms with Crippen molar-refractivity contribution in [1.82, 2.24) is 14.7 Å². The van der Waals surface area contributed by atoms with E-state index >= 15 is 0 Å². The summed E-state index contributed by atoms with van der Waals surface area (Å²) in [5.74, 6) is 0.406. The molecule has 3 fully saturated rings. The second-order valence-electron chi connectivity index (χ2n) is 7.59. The summed E-state index contributed by atoms with van der Waals surface area (Å²) in [5.41, 5.74) is 1.38. The summed E-state index contributed by atoms with van der Waals surface area (Å²) in [6.45, 7) is 7.28. The van der Waals surface area contributed by atoms with Crippen LogP contribution < -0.4 is 0 Å². The van der Waals surface area contributed by atoms with Crippen LogP contribution in [0.3, 0.4) is 0 Å². The zero-order valence-corrected chi connectivity index (χ0v) is 14.7. The summed E-state index contributed by atoms with van der Waals surface area (Å²) < 4.78 is 0. The van der Waals surface area contributed by atoms with Crippen LogP contribution >= 0.6 is 0 Å². The van der Waals surface area contributed by atoms with Crippen molar-refractivity contribution in [3.63, 3.8) is 0 Å². The number of fused-ring (bicyclic) bond motifs is 2. The van der Waals surface area contributed by atoms with Gasteiger partial charge in [0.05, 0.1) is 6.04 Å². The molecule has 0 N–H and O–H groups in total. The van der Waals surface area contributed by atoms with Crippen molar-refractivity contribution >= 4 is 5.91 Å². The molecule has 2 unspecified atom stereocenters. The van der Waals surface area contributed by atoms with Crippen LogP contribution in [-0.2, 0) is 11.3 Å². The summed E-state index contributed by atoms with van der Waals surface area (Å²) >= 11 is 0. The van der Waals surface area contributed by atoms with E-state index in [2.05, 4.69) is 52.0 Å². The van der Waals surface area contributed by atoms with Crippen LogP contribution in [0.2, 0.25) is 0 Å². The van der Waals surface area contributed by atoms with Gasteiger partial charge in [-0.25, -0.2) is 0 Å². The maximum atomic E-state index is 13.1. The van der Waals surface area contributed by atoms with Crippen molar-refractivity contribution in [1.29, 1.82) is 0 Å². The lowest BCUT2D eigenvalue weighted by atomic mass is 10.0. The molecule has 1 aromatic rings. The van der Waals surface area contributed by atoms with E-state index in [1.807, 2.05) is 0 Å². The van der Waals surface area contributed by atoms with Gasteiger partial charge in [-0.05, 0) is 37.9 Å². The number of hydrogen-bond acceptors (Lipinski definition) is 3. The van der Waals surface area contributed by atoms with E-state index < -0.39 is 0 Å². The fourth-order valence-electron chi connectivity index (χ4n) is 4.87. The second-order valence-corrected chi connectivity index (χ2v) is 7.59. The maximum absolute atomic E-state index is 13.1. The number of likely N-dealkylation sites (tertiary alicyclic amines) is 3. The Morgan fingerprint density at radius 2 is 1.92 bits per heavy atom. The van der Waals surface area contributed by atoms with Crippen LogP contribution in [0.5, 0.6) is 0 Å². The standard InChI is InChI=1S/C20H29N3O/c1-2-21-11-7-6-10-19(21)20(24)23-15-17-12-18(23)14-22(17)13-16-8-4-3-5-9-16/h3-5,8-9,17-19H,2,6-7,10-15H2,1H3/t17?,18?,19-/m0/s1. The highest BCUT2D eigenvalue weighted by Gasteiger charge is 2.47. The van der Waals surface area contributed by atoms with Gasteiger partial charge in [0.1, 0.15) is 0 Å². The van der Waals surface area contributed by atoms with Crippen molar-refractivity contribution in [2.75, 3.05) is 26.2 Å². The molecule has 0 saturated carbocycles. The molecule has 3 saturated heterocycles. The van der Waals surface area contributed by atoms with E-state index in [0.29, 0.717) is 18.0 Å². The molecule has 0 aliphatic carbocycles. The Morgan fingerprint density at radius 3 is 2.62 bits per heavy atom.